The summed E-state index contributed by atoms with van der Waals surface area (Å²) in [5.74, 6) is 0.213. The van der Waals surface area contributed by atoms with Crippen LogP contribution in [0.2, 0.25) is 5.02 Å². The van der Waals surface area contributed by atoms with E-state index in [9.17, 15) is 4.79 Å². The molecule has 0 spiro atoms. The van der Waals surface area contributed by atoms with E-state index >= 15 is 0 Å². The van der Waals surface area contributed by atoms with Crippen molar-refractivity contribution in [1.82, 2.24) is 9.97 Å². The van der Waals surface area contributed by atoms with Crippen molar-refractivity contribution in [2.45, 2.75) is 20.4 Å². The lowest BCUT2D eigenvalue weighted by molar-refractivity contribution is 0.102. The molecule has 0 aliphatic carbocycles. The van der Waals surface area contributed by atoms with E-state index in [1.54, 1.807) is 18.2 Å². The van der Waals surface area contributed by atoms with Crippen LogP contribution in [0.1, 0.15) is 27.0 Å². The van der Waals surface area contributed by atoms with Crippen LogP contribution in [0.4, 0.5) is 11.6 Å². The molecule has 0 bridgehead atoms. The Balaban J connectivity index is 1.61. The van der Waals surface area contributed by atoms with Gasteiger partial charge in [-0.25, -0.2) is 9.97 Å². The Kier molecular flexibility index (Phi) is 5.49. The number of carbonyl (C=O) groups is 1. The van der Waals surface area contributed by atoms with Gasteiger partial charge in [0.2, 0.25) is 5.95 Å². The Morgan fingerprint density at radius 2 is 1.73 bits per heavy atom. The maximum absolute atomic E-state index is 12.3. The minimum Gasteiger partial charge on any atom is -0.350 e. The number of hydrogen-bond donors (Lipinski definition) is 2. The van der Waals surface area contributed by atoms with E-state index in [1.807, 2.05) is 6.92 Å². The summed E-state index contributed by atoms with van der Waals surface area (Å²) >= 11 is 5.93. The summed E-state index contributed by atoms with van der Waals surface area (Å²) in [5, 5.41) is 6.61. The number of nitrogens with one attached hydrogen (secondary N) is 2. The lowest BCUT2D eigenvalue weighted by Gasteiger charge is -2.09. The molecule has 0 fully saturated rings. The number of benzene rings is 2. The zero-order valence-electron chi connectivity index (χ0n) is 14.6. The maximum atomic E-state index is 12.3. The topological polar surface area (TPSA) is 66.9 Å². The van der Waals surface area contributed by atoms with Gasteiger partial charge >= 0.3 is 0 Å². The van der Waals surface area contributed by atoms with Gasteiger partial charge in [-0.3, -0.25) is 4.79 Å². The van der Waals surface area contributed by atoms with E-state index in [1.165, 1.54) is 18.0 Å². The first kappa shape index (κ1) is 17.9. The van der Waals surface area contributed by atoms with Crippen LogP contribution in [0.25, 0.3) is 0 Å². The Morgan fingerprint density at radius 1 is 1.04 bits per heavy atom. The summed E-state index contributed by atoms with van der Waals surface area (Å²) in [4.78, 5) is 20.7. The first-order valence-electron chi connectivity index (χ1n) is 8.20. The molecule has 0 aliphatic rings. The SMILES string of the molecule is Cc1ccc(CNc2ncc(C(=O)Nc3ccc(Cl)cc3C)cn2)cc1. The molecular weight excluding hydrogens is 348 g/mol. The molecule has 0 radical (unpaired) electrons. The number of hydrogen-bond acceptors (Lipinski definition) is 4. The molecule has 1 heterocycles. The van der Waals surface area contributed by atoms with E-state index in [2.05, 4.69) is 51.8 Å². The van der Waals surface area contributed by atoms with Crippen molar-refractivity contribution >= 4 is 29.1 Å². The molecule has 3 rings (SSSR count). The van der Waals surface area contributed by atoms with Gasteiger partial charge in [0.15, 0.2) is 0 Å². The van der Waals surface area contributed by atoms with Crippen molar-refractivity contribution in [3.8, 4) is 0 Å². The molecule has 1 amide bonds. The van der Waals surface area contributed by atoms with Crippen molar-refractivity contribution in [2.24, 2.45) is 0 Å². The lowest BCUT2D eigenvalue weighted by atomic mass is 10.1. The second kappa shape index (κ2) is 7.97. The van der Waals surface area contributed by atoms with E-state index in [-0.39, 0.29) is 5.91 Å². The van der Waals surface area contributed by atoms with E-state index in [0.29, 0.717) is 28.8 Å². The molecule has 0 atom stereocenters. The number of nitrogens with zero attached hydrogens (tertiary/aromatic N) is 2. The summed E-state index contributed by atoms with van der Waals surface area (Å²) < 4.78 is 0. The molecule has 5 nitrogen and oxygen atoms in total. The molecule has 0 aliphatic heterocycles. The second-order valence-corrected chi connectivity index (χ2v) is 6.48. The molecule has 0 unspecified atom stereocenters. The van der Waals surface area contributed by atoms with Crippen LogP contribution in [0.3, 0.4) is 0 Å². The Labute approximate surface area is 157 Å². The first-order chi connectivity index (χ1) is 12.5. The molecular formula is C20H19ClN4O. The maximum Gasteiger partial charge on any atom is 0.258 e. The number of amides is 1. The smallest absolute Gasteiger partial charge is 0.258 e. The highest BCUT2D eigenvalue weighted by atomic mass is 35.5. The monoisotopic (exact) mass is 366 g/mol. The van der Waals surface area contributed by atoms with Crippen LogP contribution in [0, 0.1) is 13.8 Å². The number of carbonyl (C=O) groups excluding carboxylic acids is 1. The van der Waals surface area contributed by atoms with Gasteiger partial charge in [-0.2, -0.15) is 0 Å². The number of rotatable bonds is 5. The summed E-state index contributed by atoms with van der Waals surface area (Å²) in [6.45, 7) is 4.56. The molecule has 1 aromatic heterocycles. The highest BCUT2D eigenvalue weighted by Gasteiger charge is 2.09. The fourth-order valence-corrected chi connectivity index (χ4v) is 2.61. The van der Waals surface area contributed by atoms with Crippen LogP contribution >= 0.6 is 11.6 Å². The van der Waals surface area contributed by atoms with Crippen LogP contribution in [-0.4, -0.2) is 15.9 Å². The van der Waals surface area contributed by atoms with Crippen molar-refractivity contribution < 1.29 is 4.79 Å². The molecule has 2 aromatic carbocycles. The number of anilines is 2. The largest absolute Gasteiger partial charge is 0.350 e. The van der Waals surface area contributed by atoms with Crippen molar-refractivity contribution in [3.05, 3.63) is 82.1 Å². The zero-order valence-corrected chi connectivity index (χ0v) is 15.3. The lowest BCUT2D eigenvalue weighted by Crippen LogP contribution is -2.14. The molecule has 26 heavy (non-hydrogen) atoms. The highest BCUT2D eigenvalue weighted by molar-refractivity contribution is 6.30. The van der Waals surface area contributed by atoms with Crippen LogP contribution < -0.4 is 10.6 Å². The first-order valence-corrected chi connectivity index (χ1v) is 8.58. The van der Waals surface area contributed by atoms with E-state index in [4.69, 9.17) is 11.6 Å². The minimum absolute atomic E-state index is 0.263. The van der Waals surface area contributed by atoms with Crippen LogP contribution in [0.5, 0.6) is 0 Å². The van der Waals surface area contributed by atoms with Crippen LogP contribution in [-0.2, 0) is 6.54 Å². The predicted molar refractivity (Wildman–Crippen MR) is 105 cm³/mol. The van der Waals surface area contributed by atoms with Gasteiger partial charge in [-0.05, 0) is 43.2 Å². The van der Waals surface area contributed by atoms with Crippen LogP contribution in [0.15, 0.2) is 54.9 Å². The Bertz CT molecular complexity index is 908. The fourth-order valence-electron chi connectivity index (χ4n) is 2.39. The molecule has 0 saturated carbocycles. The summed E-state index contributed by atoms with van der Waals surface area (Å²) in [5.41, 5.74) is 4.35. The Hall–Kier alpha value is -2.92. The third-order valence-electron chi connectivity index (χ3n) is 3.92. The minimum atomic E-state index is -0.263. The number of halogens is 1. The molecule has 3 aromatic rings. The second-order valence-electron chi connectivity index (χ2n) is 6.05. The van der Waals surface area contributed by atoms with E-state index in [0.717, 1.165) is 11.1 Å². The average Bonchev–Trinajstić information content (AvgIpc) is 2.64. The summed E-state index contributed by atoms with van der Waals surface area (Å²) in [6, 6.07) is 13.5. The fraction of sp³-hybridized carbons (Fsp3) is 0.150. The molecule has 6 heteroatoms. The number of aryl methyl sites for hydroxylation is 2. The van der Waals surface area contributed by atoms with E-state index < -0.39 is 0 Å². The van der Waals surface area contributed by atoms with Gasteiger partial charge in [-0.1, -0.05) is 41.4 Å². The summed E-state index contributed by atoms with van der Waals surface area (Å²) in [7, 11) is 0. The van der Waals surface area contributed by atoms with Gasteiger partial charge in [0.05, 0.1) is 5.56 Å². The van der Waals surface area contributed by atoms with Crippen molar-refractivity contribution in [3.63, 3.8) is 0 Å². The van der Waals surface area contributed by atoms with Crippen molar-refractivity contribution in [2.75, 3.05) is 10.6 Å². The highest BCUT2D eigenvalue weighted by Crippen LogP contribution is 2.20. The Morgan fingerprint density at radius 3 is 2.38 bits per heavy atom. The third kappa shape index (κ3) is 4.58. The zero-order chi connectivity index (χ0) is 18.5. The third-order valence-corrected chi connectivity index (χ3v) is 4.16. The number of aromatic nitrogens is 2. The van der Waals surface area contributed by atoms with Gasteiger partial charge in [-0.15, -0.1) is 0 Å². The normalized spacial score (nSPS) is 10.4. The molecule has 132 valence electrons. The standard InChI is InChI=1S/C20H19ClN4O/c1-13-3-5-15(6-4-13)10-22-20-23-11-16(12-24-20)19(26)25-18-8-7-17(21)9-14(18)2/h3-9,11-12H,10H2,1-2H3,(H,25,26)(H,22,23,24). The van der Waals surface area contributed by atoms with Crippen molar-refractivity contribution in [1.29, 1.82) is 0 Å². The molecule has 0 saturated heterocycles. The van der Waals surface area contributed by atoms with Gasteiger partial charge in [0.1, 0.15) is 0 Å². The predicted octanol–water partition coefficient (Wildman–Crippen LogP) is 4.61. The van der Waals surface area contributed by atoms with Gasteiger partial charge in [0, 0.05) is 29.6 Å². The molecule has 2 N–H and O–H groups in total. The average molecular weight is 367 g/mol. The van der Waals surface area contributed by atoms with Gasteiger partial charge in [0.25, 0.3) is 5.91 Å². The quantitative estimate of drug-likeness (QED) is 0.691. The van der Waals surface area contributed by atoms with Gasteiger partial charge < -0.3 is 10.6 Å². The summed E-state index contributed by atoms with van der Waals surface area (Å²) in [6.07, 6.45) is 3.01.